The highest BCUT2D eigenvalue weighted by molar-refractivity contribution is 7.86. The third kappa shape index (κ3) is 5.28. The molecule has 1 rings (SSSR count). The van der Waals surface area contributed by atoms with Crippen LogP contribution in [0.5, 0.6) is 0 Å². The summed E-state index contributed by atoms with van der Waals surface area (Å²) in [7, 11) is -2.66. The molecule has 0 saturated heterocycles. The molecule has 0 radical (unpaired) electrons. The average Bonchev–Trinajstić information content (AvgIpc) is 2.45. The maximum absolute atomic E-state index is 11.6. The predicted molar refractivity (Wildman–Crippen MR) is 74.2 cm³/mol. The van der Waals surface area contributed by atoms with Crippen LogP contribution < -0.4 is 0 Å². The summed E-state index contributed by atoms with van der Waals surface area (Å²) in [6, 6.07) is -0.970. The molecule has 0 spiro atoms. The molecule has 3 atom stereocenters. The topological polar surface area (TPSA) is 148 Å². The molecule has 0 saturated carbocycles. The number of esters is 1. The van der Waals surface area contributed by atoms with Crippen LogP contribution in [0.3, 0.4) is 0 Å². The summed E-state index contributed by atoms with van der Waals surface area (Å²) in [5.74, 6) is -0.645. The first-order valence-corrected chi connectivity index (χ1v) is 8.08. The number of nitrogens with zero attached hydrogens (tertiary/aromatic N) is 3. The fraction of sp³-hybridized carbons (Fsp3) is 0.727. The van der Waals surface area contributed by atoms with Gasteiger partial charge in [0.25, 0.3) is 10.1 Å². The monoisotopic (exact) mass is 335 g/mol. The summed E-state index contributed by atoms with van der Waals surface area (Å²) in [6.45, 7) is -0.419. The van der Waals surface area contributed by atoms with Gasteiger partial charge in [-0.15, -0.1) is 0 Å². The lowest BCUT2D eigenvalue weighted by atomic mass is 9.90. The van der Waals surface area contributed by atoms with Crippen LogP contribution in [0, 0.1) is 0 Å². The molecule has 0 aromatic rings. The number of hydrogen-bond acceptors (Lipinski definition) is 8. The minimum Gasteiger partial charge on any atom is -0.466 e. The Morgan fingerprint density at radius 3 is 2.77 bits per heavy atom. The summed E-state index contributed by atoms with van der Waals surface area (Å²) >= 11 is 0. The van der Waals surface area contributed by atoms with Gasteiger partial charge in [0.05, 0.1) is 32.6 Å². The van der Waals surface area contributed by atoms with E-state index < -0.39 is 34.3 Å². The van der Waals surface area contributed by atoms with Crippen LogP contribution in [0.25, 0.3) is 10.4 Å². The van der Waals surface area contributed by atoms with Crippen molar-refractivity contribution in [3.8, 4) is 0 Å². The Morgan fingerprint density at radius 2 is 2.27 bits per heavy atom. The van der Waals surface area contributed by atoms with Crippen LogP contribution in [-0.2, 0) is 28.6 Å². The van der Waals surface area contributed by atoms with E-state index >= 15 is 0 Å². The summed E-state index contributed by atoms with van der Waals surface area (Å²) in [4.78, 5) is 14.3. The van der Waals surface area contributed by atoms with Crippen LogP contribution >= 0.6 is 0 Å². The van der Waals surface area contributed by atoms with Crippen LogP contribution in [0.4, 0.5) is 0 Å². The van der Waals surface area contributed by atoms with Crippen molar-refractivity contribution in [3.05, 3.63) is 22.1 Å². The van der Waals surface area contributed by atoms with Crippen molar-refractivity contribution in [1.29, 1.82) is 0 Å². The van der Waals surface area contributed by atoms with E-state index in [0.717, 1.165) is 6.26 Å². The fourth-order valence-corrected chi connectivity index (χ4v) is 2.67. The molecule has 11 heteroatoms. The van der Waals surface area contributed by atoms with Gasteiger partial charge in [-0.05, 0) is 18.0 Å². The van der Waals surface area contributed by atoms with Gasteiger partial charge in [-0.2, -0.15) is 8.42 Å². The predicted octanol–water partition coefficient (Wildman–Crippen LogP) is -0.109. The number of ether oxygens (including phenoxy) is 2. The smallest absolute Gasteiger partial charge is 0.333 e. The number of carbonyl (C=O) groups is 1. The maximum atomic E-state index is 11.6. The van der Waals surface area contributed by atoms with Gasteiger partial charge in [-0.3, -0.25) is 4.18 Å². The molecule has 2 unspecified atom stereocenters. The molecule has 0 aromatic heterocycles. The Hall–Kier alpha value is -1.65. The highest BCUT2D eigenvalue weighted by atomic mass is 32.2. The SMILES string of the molecule is COC(=O)C1=CC(OCCO)[C@@H](OS(C)(=O)=O)C(N=[N+]=[N-])C1. The van der Waals surface area contributed by atoms with Crippen molar-refractivity contribution in [3.63, 3.8) is 0 Å². The van der Waals surface area contributed by atoms with Crippen LogP contribution in [0.1, 0.15) is 6.42 Å². The van der Waals surface area contributed by atoms with Gasteiger partial charge in [0.15, 0.2) is 0 Å². The third-order valence-corrected chi connectivity index (χ3v) is 3.40. The molecule has 124 valence electrons. The third-order valence-electron chi connectivity index (χ3n) is 2.83. The van der Waals surface area contributed by atoms with Gasteiger partial charge >= 0.3 is 5.97 Å². The normalized spacial score (nSPS) is 25.0. The molecule has 0 aliphatic heterocycles. The summed E-state index contributed by atoms with van der Waals surface area (Å²) < 4.78 is 37.5. The van der Waals surface area contributed by atoms with Gasteiger partial charge in [-0.25, -0.2) is 4.79 Å². The lowest BCUT2D eigenvalue weighted by Gasteiger charge is -2.32. The first-order valence-electron chi connectivity index (χ1n) is 6.26. The van der Waals surface area contributed by atoms with Crippen molar-refractivity contribution < 1.29 is 32.0 Å². The first-order chi connectivity index (χ1) is 10.3. The van der Waals surface area contributed by atoms with Gasteiger partial charge < -0.3 is 14.6 Å². The zero-order valence-corrected chi connectivity index (χ0v) is 12.9. The largest absolute Gasteiger partial charge is 0.466 e. The second-order valence-electron chi connectivity index (χ2n) is 4.48. The maximum Gasteiger partial charge on any atom is 0.333 e. The van der Waals surface area contributed by atoms with E-state index in [2.05, 4.69) is 14.8 Å². The standard InChI is InChI=1S/C11H17N3O7S/c1-19-11(16)7-5-8(13-14-12)10(21-22(2,17)18)9(6-7)20-4-3-15/h6,8-10,15H,3-5H2,1-2H3/t8?,9?,10-/m0/s1. The van der Waals surface area contributed by atoms with Gasteiger partial charge in [-0.1, -0.05) is 5.11 Å². The number of azide groups is 1. The Morgan fingerprint density at radius 1 is 1.59 bits per heavy atom. The Kier molecular flexibility index (Phi) is 6.78. The van der Waals surface area contributed by atoms with Crippen molar-refractivity contribution in [2.45, 2.75) is 24.7 Å². The molecular formula is C11H17N3O7S. The van der Waals surface area contributed by atoms with E-state index in [-0.39, 0.29) is 25.2 Å². The van der Waals surface area contributed by atoms with E-state index in [1.807, 2.05) is 0 Å². The molecule has 0 amide bonds. The molecule has 1 aliphatic carbocycles. The van der Waals surface area contributed by atoms with Crippen LogP contribution in [0.2, 0.25) is 0 Å². The molecule has 0 fully saturated rings. The number of methoxy groups -OCH3 is 1. The average molecular weight is 335 g/mol. The van der Waals surface area contributed by atoms with Crippen molar-refractivity contribution in [2.24, 2.45) is 5.11 Å². The summed E-state index contributed by atoms with van der Waals surface area (Å²) in [6.07, 6.45) is 0.0328. The van der Waals surface area contributed by atoms with Crippen molar-refractivity contribution in [2.75, 3.05) is 26.6 Å². The molecular weight excluding hydrogens is 318 g/mol. The van der Waals surface area contributed by atoms with Crippen LogP contribution in [0.15, 0.2) is 16.8 Å². The van der Waals surface area contributed by atoms with Crippen molar-refractivity contribution in [1.82, 2.24) is 0 Å². The number of rotatable bonds is 7. The van der Waals surface area contributed by atoms with Gasteiger partial charge in [0.1, 0.15) is 12.2 Å². The number of aliphatic hydroxyl groups is 1. The minimum atomic E-state index is -3.85. The van der Waals surface area contributed by atoms with Crippen LogP contribution in [-0.4, -0.2) is 64.3 Å². The number of hydrogen-bond donors (Lipinski definition) is 1. The number of carbonyl (C=O) groups excluding carboxylic acids is 1. The minimum absolute atomic E-state index is 0.0457. The molecule has 0 bridgehead atoms. The molecule has 0 aromatic carbocycles. The molecule has 1 aliphatic rings. The molecule has 22 heavy (non-hydrogen) atoms. The zero-order chi connectivity index (χ0) is 16.8. The van der Waals surface area contributed by atoms with E-state index in [0.29, 0.717) is 0 Å². The second kappa shape index (κ2) is 8.11. The number of aliphatic hydroxyl groups excluding tert-OH is 1. The molecule has 0 heterocycles. The van der Waals surface area contributed by atoms with E-state index in [9.17, 15) is 13.2 Å². The quantitative estimate of drug-likeness (QED) is 0.224. The highest BCUT2D eigenvalue weighted by Crippen LogP contribution is 2.28. The fourth-order valence-electron chi connectivity index (χ4n) is 2.03. The van der Waals surface area contributed by atoms with Gasteiger partial charge in [0, 0.05) is 10.5 Å². The Balaban J connectivity index is 3.17. The summed E-state index contributed by atoms with van der Waals surface area (Å²) in [5, 5.41) is 12.3. The summed E-state index contributed by atoms with van der Waals surface area (Å²) in [5.41, 5.74) is 8.79. The first kappa shape index (κ1) is 18.4. The van der Waals surface area contributed by atoms with E-state index in [1.54, 1.807) is 0 Å². The van der Waals surface area contributed by atoms with Crippen molar-refractivity contribution >= 4 is 16.1 Å². The molecule has 1 N–H and O–H groups in total. The lowest BCUT2D eigenvalue weighted by molar-refractivity contribution is -0.136. The van der Waals surface area contributed by atoms with Gasteiger partial charge in [0.2, 0.25) is 0 Å². The van der Waals surface area contributed by atoms with E-state index in [4.69, 9.17) is 19.6 Å². The highest BCUT2D eigenvalue weighted by Gasteiger charge is 2.38. The lowest BCUT2D eigenvalue weighted by Crippen LogP contribution is -2.44. The Labute approximate surface area is 127 Å². The second-order valence-corrected chi connectivity index (χ2v) is 6.08. The zero-order valence-electron chi connectivity index (χ0n) is 12.1. The van der Waals surface area contributed by atoms with E-state index in [1.165, 1.54) is 13.2 Å². The Bertz CT molecular complexity index is 582. The molecule has 10 nitrogen and oxygen atoms in total.